The van der Waals surface area contributed by atoms with Crippen molar-refractivity contribution in [1.29, 1.82) is 0 Å². The van der Waals surface area contributed by atoms with E-state index in [0.29, 0.717) is 34.4 Å². The summed E-state index contributed by atoms with van der Waals surface area (Å²) in [5.41, 5.74) is 5.65. The topological polar surface area (TPSA) is 97.0 Å². The lowest BCUT2D eigenvalue weighted by Crippen LogP contribution is -2.45. The van der Waals surface area contributed by atoms with Crippen LogP contribution in [0.3, 0.4) is 0 Å². The Kier molecular flexibility index (Phi) is 7.94. The molecule has 9 heteroatoms. The molecule has 0 radical (unpaired) electrons. The summed E-state index contributed by atoms with van der Waals surface area (Å²) in [6.07, 6.45) is 1.95. The van der Waals surface area contributed by atoms with Gasteiger partial charge in [0, 0.05) is 18.5 Å². The summed E-state index contributed by atoms with van der Waals surface area (Å²) in [6.45, 7) is 2.81. The van der Waals surface area contributed by atoms with Crippen LogP contribution in [0, 0.1) is 5.92 Å². The minimum Gasteiger partial charge on any atom is -0.493 e. The van der Waals surface area contributed by atoms with Gasteiger partial charge in [0.1, 0.15) is 0 Å². The Labute approximate surface area is 191 Å². The highest BCUT2D eigenvalue weighted by molar-refractivity contribution is 6.33. The summed E-state index contributed by atoms with van der Waals surface area (Å²) in [5.74, 6) is -0.796. The molecule has 1 fully saturated rings. The van der Waals surface area contributed by atoms with Crippen molar-refractivity contribution >= 4 is 35.0 Å². The average molecular weight is 460 g/mol. The predicted octanol–water partition coefficient (Wildman–Crippen LogP) is 3.34. The zero-order valence-electron chi connectivity index (χ0n) is 18.0. The van der Waals surface area contributed by atoms with Gasteiger partial charge in [0.05, 0.1) is 30.3 Å². The molecule has 1 aliphatic rings. The number of anilines is 1. The van der Waals surface area contributed by atoms with Crippen molar-refractivity contribution in [3.63, 3.8) is 0 Å². The molecule has 0 spiro atoms. The van der Waals surface area contributed by atoms with Gasteiger partial charge in [-0.25, -0.2) is 0 Å². The second kappa shape index (κ2) is 10.9. The van der Waals surface area contributed by atoms with Gasteiger partial charge >= 0.3 is 0 Å². The fourth-order valence-corrected chi connectivity index (χ4v) is 3.57. The number of benzene rings is 2. The molecule has 1 saturated heterocycles. The number of nitrogens with zero attached hydrogens (tertiary/aromatic N) is 1. The third kappa shape index (κ3) is 5.50. The van der Waals surface area contributed by atoms with Crippen molar-refractivity contribution in [1.82, 2.24) is 10.9 Å². The molecule has 1 heterocycles. The van der Waals surface area contributed by atoms with Gasteiger partial charge in [-0.05, 0) is 36.8 Å². The normalized spacial score (nSPS) is 15.4. The second-order valence-corrected chi connectivity index (χ2v) is 7.78. The maximum absolute atomic E-state index is 12.5. The summed E-state index contributed by atoms with van der Waals surface area (Å²) in [6, 6.07) is 11.7. The molecule has 2 N–H and O–H groups in total. The third-order valence-electron chi connectivity index (χ3n) is 5.12. The first-order chi connectivity index (χ1) is 15.4. The van der Waals surface area contributed by atoms with Crippen LogP contribution in [0.4, 0.5) is 5.69 Å². The maximum Gasteiger partial charge on any atom is 0.269 e. The zero-order valence-corrected chi connectivity index (χ0v) is 18.8. The van der Waals surface area contributed by atoms with E-state index < -0.39 is 17.7 Å². The van der Waals surface area contributed by atoms with E-state index in [4.69, 9.17) is 21.1 Å². The summed E-state index contributed by atoms with van der Waals surface area (Å²) in [7, 11) is 1.49. The Morgan fingerprint density at radius 3 is 2.66 bits per heavy atom. The zero-order chi connectivity index (χ0) is 23.1. The molecule has 1 atom stereocenters. The number of ether oxygens (including phenoxy) is 2. The first-order valence-corrected chi connectivity index (χ1v) is 10.8. The van der Waals surface area contributed by atoms with Gasteiger partial charge in [-0.15, -0.1) is 0 Å². The minimum atomic E-state index is -0.608. The molecule has 32 heavy (non-hydrogen) atoms. The number of halogens is 1. The molecule has 1 unspecified atom stereocenters. The largest absolute Gasteiger partial charge is 0.493 e. The molecule has 2 aromatic rings. The van der Waals surface area contributed by atoms with Gasteiger partial charge in [0.2, 0.25) is 11.8 Å². The summed E-state index contributed by atoms with van der Waals surface area (Å²) >= 11 is 6.17. The van der Waals surface area contributed by atoms with E-state index in [0.717, 1.165) is 12.8 Å². The van der Waals surface area contributed by atoms with Crippen LogP contribution in [-0.4, -0.2) is 38.0 Å². The number of unbranched alkanes of at least 4 members (excludes halogenated alkanes) is 1. The van der Waals surface area contributed by atoms with Crippen molar-refractivity contribution in [2.45, 2.75) is 26.2 Å². The standard InChI is InChI=1S/C23H26ClN3O5/c1-3-4-11-32-19-10-9-15(12-20(19)31-2)22(29)25-26-23(30)16-13-21(28)27(14-16)18-8-6-5-7-17(18)24/h5-10,12,16H,3-4,11,13-14H2,1-2H3,(H,25,29)(H,26,30). The van der Waals surface area contributed by atoms with Crippen molar-refractivity contribution in [2.75, 3.05) is 25.2 Å². The lowest BCUT2D eigenvalue weighted by Gasteiger charge is -2.18. The third-order valence-corrected chi connectivity index (χ3v) is 5.44. The Morgan fingerprint density at radius 1 is 1.16 bits per heavy atom. The minimum absolute atomic E-state index is 0.0323. The highest BCUT2D eigenvalue weighted by Gasteiger charge is 2.36. The van der Waals surface area contributed by atoms with Crippen molar-refractivity contribution in [3.8, 4) is 11.5 Å². The van der Waals surface area contributed by atoms with Gasteiger partial charge in [-0.1, -0.05) is 37.1 Å². The average Bonchev–Trinajstić information content (AvgIpc) is 3.19. The van der Waals surface area contributed by atoms with E-state index in [-0.39, 0.29) is 18.9 Å². The van der Waals surface area contributed by atoms with Crippen LogP contribution in [0.25, 0.3) is 0 Å². The molecule has 2 aromatic carbocycles. The molecule has 0 saturated carbocycles. The molecule has 170 valence electrons. The van der Waals surface area contributed by atoms with Crippen LogP contribution in [0.15, 0.2) is 42.5 Å². The number of nitrogens with one attached hydrogen (secondary N) is 2. The quantitative estimate of drug-likeness (QED) is 0.466. The highest BCUT2D eigenvalue weighted by Crippen LogP contribution is 2.31. The molecule has 0 bridgehead atoms. The Bertz CT molecular complexity index is 997. The van der Waals surface area contributed by atoms with E-state index in [1.54, 1.807) is 42.5 Å². The number of para-hydroxylation sites is 1. The monoisotopic (exact) mass is 459 g/mol. The van der Waals surface area contributed by atoms with E-state index in [1.165, 1.54) is 12.0 Å². The van der Waals surface area contributed by atoms with E-state index in [9.17, 15) is 14.4 Å². The molecule has 1 aliphatic heterocycles. The van der Waals surface area contributed by atoms with Gasteiger partial charge in [0.15, 0.2) is 11.5 Å². The van der Waals surface area contributed by atoms with Crippen molar-refractivity contribution in [3.05, 3.63) is 53.1 Å². The number of rotatable bonds is 8. The van der Waals surface area contributed by atoms with Crippen LogP contribution in [0.5, 0.6) is 11.5 Å². The molecule has 0 aliphatic carbocycles. The number of methoxy groups -OCH3 is 1. The van der Waals surface area contributed by atoms with Crippen molar-refractivity contribution in [2.24, 2.45) is 5.92 Å². The summed E-state index contributed by atoms with van der Waals surface area (Å²) in [5, 5.41) is 0.436. The van der Waals surface area contributed by atoms with E-state index in [2.05, 4.69) is 17.8 Å². The van der Waals surface area contributed by atoms with Gasteiger partial charge in [-0.2, -0.15) is 0 Å². The first-order valence-electron chi connectivity index (χ1n) is 10.4. The Morgan fingerprint density at radius 2 is 1.94 bits per heavy atom. The van der Waals surface area contributed by atoms with Crippen molar-refractivity contribution < 1.29 is 23.9 Å². The van der Waals surface area contributed by atoms with Crippen LogP contribution < -0.4 is 25.2 Å². The number of hydrogen-bond acceptors (Lipinski definition) is 5. The first kappa shape index (κ1) is 23.4. The molecule has 3 amide bonds. The van der Waals surface area contributed by atoms with E-state index >= 15 is 0 Å². The molecule has 8 nitrogen and oxygen atoms in total. The number of hydrazine groups is 1. The summed E-state index contributed by atoms with van der Waals surface area (Å²) in [4.78, 5) is 38.9. The smallest absolute Gasteiger partial charge is 0.269 e. The Hall–Kier alpha value is -3.26. The molecule has 3 rings (SSSR count). The van der Waals surface area contributed by atoms with Crippen LogP contribution in [0.1, 0.15) is 36.5 Å². The molecule has 0 aromatic heterocycles. The predicted molar refractivity (Wildman–Crippen MR) is 121 cm³/mol. The van der Waals surface area contributed by atoms with Gasteiger partial charge in [0.25, 0.3) is 5.91 Å². The van der Waals surface area contributed by atoms with Gasteiger partial charge < -0.3 is 14.4 Å². The van der Waals surface area contributed by atoms with E-state index in [1.807, 2.05) is 0 Å². The highest BCUT2D eigenvalue weighted by atomic mass is 35.5. The maximum atomic E-state index is 12.5. The van der Waals surface area contributed by atoms with Crippen LogP contribution in [0.2, 0.25) is 5.02 Å². The fourth-order valence-electron chi connectivity index (χ4n) is 3.33. The summed E-state index contributed by atoms with van der Waals surface area (Å²) < 4.78 is 11.0. The number of carbonyl (C=O) groups is 3. The number of amides is 3. The fraction of sp³-hybridized carbons (Fsp3) is 0.348. The van der Waals surface area contributed by atoms with Crippen LogP contribution in [-0.2, 0) is 9.59 Å². The number of hydrogen-bond donors (Lipinski definition) is 2. The molecular formula is C23H26ClN3O5. The van der Waals surface area contributed by atoms with Gasteiger partial charge in [-0.3, -0.25) is 25.2 Å². The van der Waals surface area contributed by atoms with Crippen LogP contribution >= 0.6 is 11.6 Å². The number of carbonyl (C=O) groups excluding carboxylic acids is 3. The molecular weight excluding hydrogens is 434 g/mol. The second-order valence-electron chi connectivity index (χ2n) is 7.37. The SMILES string of the molecule is CCCCOc1ccc(C(=O)NNC(=O)C2CC(=O)N(c3ccccc3Cl)C2)cc1OC. The lowest BCUT2D eigenvalue weighted by atomic mass is 10.1. The Balaban J connectivity index is 1.57. The lowest BCUT2D eigenvalue weighted by molar-refractivity contribution is -0.126.